The highest BCUT2D eigenvalue weighted by Crippen LogP contribution is 2.18. The molecule has 2 aromatic rings. The first-order valence-electron chi connectivity index (χ1n) is 6.54. The first-order chi connectivity index (χ1) is 10.1. The number of nitrogens with one attached hydrogen (secondary N) is 2. The van der Waals surface area contributed by atoms with E-state index in [9.17, 15) is 4.79 Å². The minimum absolute atomic E-state index is 0.241. The minimum atomic E-state index is -0.241. The molecule has 0 aliphatic rings. The maximum absolute atomic E-state index is 12.3. The van der Waals surface area contributed by atoms with Gasteiger partial charge in [-0.25, -0.2) is 0 Å². The Morgan fingerprint density at radius 1 is 1.48 bits per heavy atom. The van der Waals surface area contributed by atoms with E-state index in [1.54, 1.807) is 30.3 Å². The second kappa shape index (κ2) is 6.87. The molecule has 0 spiro atoms. The summed E-state index contributed by atoms with van der Waals surface area (Å²) in [5.74, 6) is 5.21. The molecule has 7 heteroatoms. The van der Waals surface area contributed by atoms with Crippen LogP contribution in [0.1, 0.15) is 15.9 Å². The van der Waals surface area contributed by atoms with Crippen LogP contribution in [-0.4, -0.2) is 29.4 Å². The number of hydrazine groups is 1. The normalized spacial score (nSPS) is 10.4. The lowest BCUT2D eigenvalue weighted by atomic mass is 10.1. The van der Waals surface area contributed by atoms with Gasteiger partial charge in [0.05, 0.1) is 36.3 Å². The van der Waals surface area contributed by atoms with Gasteiger partial charge in [0.25, 0.3) is 5.91 Å². The fraction of sp³-hybridized carbons (Fsp3) is 0.286. The predicted octanol–water partition coefficient (Wildman–Crippen LogP) is 1.38. The molecule has 1 aromatic carbocycles. The molecule has 21 heavy (non-hydrogen) atoms. The van der Waals surface area contributed by atoms with Crippen molar-refractivity contribution in [3.63, 3.8) is 0 Å². The van der Waals surface area contributed by atoms with Gasteiger partial charge in [-0.15, -0.1) is 0 Å². The number of carbonyl (C=O) groups excluding carboxylic acids is 1. The molecule has 0 atom stereocenters. The highest BCUT2D eigenvalue weighted by atomic mass is 16.5. The highest BCUT2D eigenvalue weighted by Gasteiger charge is 2.12. The van der Waals surface area contributed by atoms with E-state index in [0.29, 0.717) is 30.1 Å². The van der Waals surface area contributed by atoms with Gasteiger partial charge in [0.15, 0.2) is 0 Å². The number of nitrogens with zero attached hydrogens (tertiary/aromatic N) is 2. The van der Waals surface area contributed by atoms with Gasteiger partial charge >= 0.3 is 0 Å². The Balaban J connectivity index is 2.09. The lowest BCUT2D eigenvalue weighted by molar-refractivity contribution is 0.102. The van der Waals surface area contributed by atoms with Gasteiger partial charge in [0.1, 0.15) is 0 Å². The van der Waals surface area contributed by atoms with Crippen LogP contribution in [-0.2, 0) is 11.3 Å². The molecule has 0 aliphatic heterocycles. The van der Waals surface area contributed by atoms with Crippen LogP contribution in [0.4, 0.5) is 11.4 Å². The smallest absolute Gasteiger partial charge is 0.257 e. The molecule has 0 aliphatic carbocycles. The zero-order valence-electron chi connectivity index (χ0n) is 12.1. The van der Waals surface area contributed by atoms with Crippen molar-refractivity contribution in [3.05, 3.63) is 41.7 Å². The van der Waals surface area contributed by atoms with Crippen LogP contribution in [0.3, 0.4) is 0 Å². The molecule has 0 saturated carbocycles. The Kier molecular flexibility index (Phi) is 4.91. The quantitative estimate of drug-likeness (QED) is 0.551. The van der Waals surface area contributed by atoms with Crippen LogP contribution in [0.15, 0.2) is 30.6 Å². The summed E-state index contributed by atoms with van der Waals surface area (Å²) < 4.78 is 6.68. The van der Waals surface area contributed by atoms with Crippen LogP contribution >= 0.6 is 0 Å². The Morgan fingerprint density at radius 3 is 3.00 bits per heavy atom. The second-order valence-electron chi connectivity index (χ2n) is 4.63. The largest absolute Gasteiger partial charge is 0.383 e. The average Bonchev–Trinajstić information content (AvgIpc) is 2.92. The summed E-state index contributed by atoms with van der Waals surface area (Å²) in [5.41, 5.74) is 5.24. The van der Waals surface area contributed by atoms with Crippen molar-refractivity contribution in [1.82, 2.24) is 9.78 Å². The lowest BCUT2D eigenvalue weighted by Crippen LogP contribution is -2.17. The molecule has 2 rings (SSSR count). The number of hydrogen-bond donors (Lipinski definition) is 3. The molecule has 4 N–H and O–H groups in total. The van der Waals surface area contributed by atoms with Gasteiger partial charge in [0.2, 0.25) is 0 Å². The zero-order chi connectivity index (χ0) is 15.2. The number of nitrogen functional groups attached to an aromatic ring is 1. The summed E-state index contributed by atoms with van der Waals surface area (Å²) in [4.78, 5) is 12.3. The highest BCUT2D eigenvalue weighted by molar-refractivity contribution is 6.07. The molecule has 1 heterocycles. The van der Waals surface area contributed by atoms with E-state index in [0.717, 1.165) is 5.56 Å². The van der Waals surface area contributed by atoms with Crippen LogP contribution < -0.4 is 16.6 Å². The number of carbonyl (C=O) groups is 1. The van der Waals surface area contributed by atoms with E-state index in [1.807, 2.05) is 19.1 Å². The number of hydrogen-bond acceptors (Lipinski definition) is 5. The molecule has 112 valence electrons. The van der Waals surface area contributed by atoms with E-state index >= 15 is 0 Å². The van der Waals surface area contributed by atoms with E-state index in [1.165, 1.54) is 0 Å². The van der Waals surface area contributed by atoms with Crippen molar-refractivity contribution in [1.29, 1.82) is 0 Å². The van der Waals surface area contributed by atoms with Crippen LogP contribution in [0, 0.1) is 6.92 Å². The Labute approximate surface area is 123 Å². The average molecular weight is 289 g/mol. The Bertz CT molecular complexity index is 624. The third kappa shape index (κ3) is 3.80. The minimum Gasteiger partial charge on any atom is -0.383 e. The molecule has 1 aromatic heterocycles. The molecule has 0 fully saturated rings. The van der Waals surface area contributed by atoms with E-state index in [2.05, 4.69) is 15.8 Å². The molecule has 0 unspecified atom stereocenters. The molecular weight excluding hydrogens is 270 g/mol. The van der Waals surface area contributed by atoms with Crippen molar-refractivity contribution < 1.29 is 9.53 Å². The topological polar surface area (TPSA) is 94.2 Å². The third-order valence-electron chi connectivity index (χ3n) is 2.99. The number of benzene rings is 1. The van der Waals surface area contributed by atoms with Gasteiger partial charge in [-0.05, 0) is 24.6 Å². The monoisotopic (exact) mass is 289 g/mol. The summed E-state index contributed by atoms with van der Waals surface area (Å²) in [6.45, 7) is 3.13. The maximum Gasteiger partial charge on any atom is 0.257 e. The third-order valence-corrected chi connectivity index (χ3v) is 2.99. The van der Waals surface area contributed by atoms with Crippen molar-refractivity contribution in [2.45, 2.75) is 13.5 Å². The van der Waals surface area contributed by atoms with Gasteiger partial charge < -0.3 is 15.5 Å². The zero-order valence-corrected chi connectivity index (χ0v) is 12.1. The van der Waals surface area contributed by atoms with Gasteiger partial charge in [0, 0.05) is 13.3 Å². The van der Waals surface area contributed by atoms with Crippen LogP contribution in [0.25, 0.3) is 0 Å². The summed E-state index contributed by atoms with van der Waals surface area (Å²) in [7, 11) is 1.63. The predicted molar refractivity (Wildman–Crippen MR) is 81.0 cm³/mol. The standard InChI is InChI=1S/C14H19N5O2/c1-10-3-4-12(13(7-10)18-15)14(20)17-11-8-16-19(9-11)5-6-21-2/h3-4,7-9,18H,5-6,15H2,1-2H3,(H,17,20). The summed E-state index contributed by atoms with van der Waals surface area (Å²) in [5, 5.41) is 6.93. The van der Waals surface area contributed by atoms with Gasteiger partial charge in [-0.3, -0.25) is 15.3 Å². The molecule has 7 nitrogen and oxygen atoms in total. The van der Waals surface area contributed by atoms with E-state index in [4.69, 9.17) is 10.6 Å². The number of anilines is 2. The molecule has 0 radical (unpaired) electrons. The van der Waals surface area contributed by atoms with Crippen molar-refractivity contribution >= 4 is 17.3 Å². The Morgan fingerprint density at radius 2 is 2.29 bits per heavy atom. The maximum atomic E-state index is 12.3. The second-order valence-corrected chi connectivity index (χ2v) is 4.63. The number of amides is 1. The number of nitrogens with two attached hydrogens (primary N) is 1. The molecule has 0 saturated heterocycles. The SMILES string of the molecule is COCCn1cc(NC(=O)c2ccc(C)cc2NN)cn1. The van der Waals surface area contributed by atoms with Crippen molar-refractivity contribution in [2.75, 3.05) is 24.5 Å². The van der Waals surface area contributed by atoms with Crippen molar-refractivity contribution in [3.8, 4) is 0 Å². The van der Waals surface area contributed by atoms with E-state index < -0.39 is 0 Å². The van der Waals surface area contributed by atoms with Crippen LogP contribution in [0.2, 0.25) is 0 Å². The number of aryl methyl sites for hydroxylation is 1. The number of methoxy groups -OCH3 is 1. The lowest BCUT2D eigenvalue weighted by Gasteiger charge is -2.09. The van der Waals surface area contributed by atoms with Gasteiger partial charge in [-0.2, -0.15) is 5.10 Å². The number of rotatable bonds is 6. The fourth-order valence-corrected chi connectivity index (χ4v) is 1.91. The number of ether oxygens (including phenoxy) is 1. The van der Waals surface area contributed by atoms with Crippen LogP contribution in [0.5, 0.6) is 0 Å². The fourth-order valence-electron chi connectivity index (χ4n) is 1.91. The van der Waals surface area contributed by atoms with Crippen molar-refractivity contribution in [2.24, 2.45) is 5.84 Å². The first kappa shape index (κ1) is 15.0. The first-order valence-corrected chi connectivity index (χ1v) is 6.54. The molecular formula is C14H19N5O2. The molecule has 0 bridgehead atoms. The summed E-state index contributed by atoms with van der Waals surface area (Å²) >= 11 is 0. The molecule has 1 amide bonds. The Hall–Kier alpha value is -2.38. The van der Waals surface area contributed by atoms with Gasteiger partial charge in [-0.1, -0.05) is 6.07 Å². The summed E-state index contributed by atoms with van der Waals surface area (Å²) in [6.07, 6.45) is 3.35. The van der Waals surface area contributed by atoms with E-state index in [-0.39, 0.29) is 5.91 Å². The number of aromatic nitrogens is 2. The summed E-state index contributed by atoms with van der Waals surface area (Å²) in [6, 6.07) is 5.41.